The lowest BCUT2D eigenvalue weighted by atomic mass is 9.56. The highest BCUT2D eigenvalue weighted by Crippen LogP contribution is 2.51. The van der Waals surface area contributed by atoms with Crippen LogP contribution in [0.15, 0.2) is 18.2 Å². The predicted molar refractivity (Wildman–Crippen MR) is 108 cm³/mol. The second kappa shape index (κ2) is 9.26. The lowest BCUT2D eigenvalue weighted by Crippen LogP contribution is -2.69. The zero-order valence-corrected chi connectivity index (χ0v) is 17.6. The monoisotopic (exact) mass is 427 g/mol. The van der Waals surface area contributed by atoms with Crippen LogP contribution in [0.25, 0.3) is 0 Å². The lowest BCUT2D eigenvalue weighted by Gasteiger charge is -2.58. The van der Waals surface area contributed by atoms with E-state index < -0.39 is 42.0 Å². The number of primary amides is 1. The number of benzene rings is 1. The Labute approximate surface area is 175 Å². The number of aliphatic hydroxyl groups is 1. The number of phenols is 1. The van der Waals surface area contributed by atoms with E-state index in [4.69, 9.17) is 5.73 Å². The summed E-state index contributed by atoms with van der Waals surface area (Å²) in [4.78, 5) is 25.4. The number of aromatic hydroxyl groups is 1. The summed E-state index contributed by atoms with van der Waals surface area (Å²) < 4.78 is 26.3. The maximum absolute atomic E-state index is 13.1. The van der Waals surface area contributed by atoms with E-state index in [1.807, 2.05) is 12.2 Å². The third kappa shape index (κ3) is 4.57. The number of imide groups is 1. The molecule has 5 N–H and O–H groups in total. The first kappa shape index (κ1) is 24.0. The van der Waals surface area contributed by atoms with Crippen molar-refractivity contribution in [2.75, 3.05) is 13.1 Å². The fraction of sp³-hybridized carbons (Fsp3) is 0.619. The molecule has 0 aromatic heterocycles. The van der Waals surface area contributed by atoms with E-state index in [2.05, 4.69) is 0 Å². The highest BCUT2D eigenvalue weighted by molar-refractivity contribution is 5.94. The van der Waals surface area contributed by atoms with Gasteiger partial charge in [0.2, 0.25) is 5.91 Å². The summed E-state index contributed by atoms with van der Waals surface area (Å²) >= 11 is 0. The topological polar surface area (TPSA) is 116 Å². The number of hydrogen-bond donors (Lipinski definition) is 4. The molecule has 0 bridgehead atoms. The number of nitrogens with one attached hydrogen (secondary N) is 1. The number of hydrogen-bond acceptors (Lipinski definition) is 5. The Morgan fingerprint density at radius 2 is 2.07 bits per heavy atom. The van der Waals surface area contributed by atoms with Crippen molar-refractivity contribution in [1.82, 2.24) is 10.2 Å². The van der Waals surface area contributed by atoms with E-state index in [1.165, 1.54) is 17.0 Å². The van der Waals surface area contributed by atoms with Gasteiger partial charge in [0.15, 0.2) is 0 Å². The fourth-order valence-electron chi connectivity index (χ4n) is 4.99. The quantitative estimate of drug-likeness (QED) is 0.533. The number of amides is 3. The van der Waals surface area contributed by atoms with Gasteiger partial charge in [0, 0.05) is 17.9 Å². The normalized spacial score (nSPS) is 27.2. The highest BCUT2D eigenvalue weighted by Gasteiger charge is 2.59. The van der Waals surface area contributed by atoms with E-state index in [-0.39, 0.29) is 31.6 Å². The molecule has 0 aliphatic carbocycles. The average Bonchev–Trinajstić information content (AvgIpc) is 2.63. The largest absolute Gasteiger partial charge is 0.508 e. The molecule has 1 saturated heterocycles. The summed E-state index contributed by atoms with van der Waals surface area (Å²) in [5.74, 6) is -0.707. The molecule has 3 atom stereocenters. The molecule has 3 amide bonds. The van der Waals surface area contributed by atoms with Crippen molar-refractivity contribution in [1.29, 1.82) is 0 Å². The minimum atomic E-state index is -2.56. The number of urea groups is 1. The third-order valence-corrected chi connectivity index (χ3v) is 6.36. The Morgan fingerprint density at radius 1 is 1.40 bits per heavy atom. The third-order valence-electron chi connectivity index (χ3n) is 6.36. The summed E-state index contributed by atoms with van der Waals surface area (Å²) in [6.45, 7) is 5.06. The Balaban J connectivity index is 2.67. The summed E-state index contributed by atoms with van der Waals surface area (Å²) in [5.41, 5.74) is 3.62. The number of nitrogens with zero attached hydrogens (tertiary/aromatic N) is 1. The number of carbonyl (C=O) groups is 2. The summed E-state index contributed by atoms with van der Waals surface area (Å²) in [6, 6.07) is 2.99. The molecule has 1 aromatic carbocycles. The Hall–Kier alpha value is -2.26. The summed E-state index contributed by atoms with van der Waals surface area (Å²) in [5, 5.41) is 24.2. The van der Waals surface area contributed by atoms with Gasteiger partial charge in [-0.1, -0.05) is 19.4 Å². The van der Waals surface area contributed by atoms with Crippen LogP contribution in [0.2, 0.25) is 0 Å². The van der Waals surface area contributed by atoms with Gasteiger partial charge in [0.05, 0.1) is 12.1 Å². The summed E-state index contributed by atoms with van der Waals surface area (Å²) in [7, 11) is 0. The van der Waals surface area contributed by atoms with Gasteiger partial charge in [0.25, 0.3) is 6.43 Å². The number of piperidine rings is 1. The molecule has 30 heavy (non-hydrogen) atoms. The van der Waals surface area contributed by atoms with E-state index in [1.54, 1.807) is 19.9 Å². The first-order chi connectivity index (χ1) is 14.0. The second-order valence-electron chi connectivity index (χ2n) is 8.16. The van der Waals surface area contributed by atoms with Crippen LogP contribution < -0.4 is 11.1 Å². The molecular formula is C21H31F2N3O4. The number of phenolic OH excluding ortho intramolecular Hbond substituents is 1. The van der Waals surface area contributed by atoms with Crippen LogP contribution in [0.1, 0.15) is 50.7 Å². The van der Waals surface area contributed by atoms with Crippen LogP contribution in [0.5, 0.6) is 5.75 Å². The van der Waals surface area contributed by atoms with Gasteiger partial charge in [-0.15, -0.1) is 0 Å². The number of rotatable bonds is 7. The lowest BCUT2D eigenvalue weighted by molar-refractivity contribution is -0.155. The van der Waals surface area contributed by atoms with Crippen LogP contribution in [0, 0.1) is 6.92 Å². The van der Waals surface area contributed by atoms with Crippen molar-refractivity contribution >= 4 is 11.9 Å². The molecule has 7 nitrogen and oxygen atoms in total. The second-order valence-corrected chi connectivity index (χ2v) is 8.16. The van der Waals surface area contributed by atoms with Gasteiger partial charge in [-0.2, -0.15) is 0 Å². The average molecular weight is 427 g/mol. The number of nitrogens with two attached hydrogens (primary N) is 1. The van der Waals surface area contributed by atoms with E-state index in [9.17, 15) is 28.6 Å². The van der Waals surface area contributed by atoms with E-state index >= 15 is 0 Å². The Kier molecular flexibility index (Phi) is 7.41. The molecule has 168 valence electrons. The van der Waals surface area contributed by atoms with Crippen molar-refractivity contribution in [2.24, 2.45) is 5.73 Å². The van der Waals surface area contributed by atoms with Crippen molar-refractivity contribution in [3.05, 3.63) is 29.3 Å². The molecule has 0 spiro atoms. The number of likely N-dealkylation sites (tertiary alicyclic amines) is 1. The van der Waals surface area contributed by atoms with Gasteiger partial charge in [0.1, 0.15) is 5.75 Å². The molecule has 1 aliphatic rings. The van der Waals surface area contributed by atoms with E-state index in [0.29, 0.717) is 12.0 Å². The Bertz CT molecular complexity index is 792. The maximum atomic E-state index is 13.1. The molecule has 0 radical (unpaired) electrons. The van der Waals surface area contributed by atoms with Crippen LogP contribution >= 0.6 is 0 Å². The molecular weight excluding hydrogens is 396 g/mol. The Morgan fingerprint density at radius 3 is 2.63 bits per heavy atom. The van der Waals surface area contributed by atoms with Crippen molar-refractivity contribution < 1.29 is 28.6 Å². The molecule has 9 heteroatoms. The van der Waals surface area contributed by atoms with Crippen LogP contribution in [-0.2, 0) is 10.2 Å². The molecule has 2 rings (SSSR count). The smallest absolute Gasteiger partial charge is 0.318 e. The maximum Gasteiger partial charge on any atom is 0.318 e. The SMILES string of the molecule is CCCC1(O)C(C)N(CC(F)F)CCC1(CC(=O)NC(N)=O)c1cc(O)ccc1C. The van der Waals surface area contributed by atoms with E-state index in [0.717, 1.165) is 5.56 Å². The highest BCUT2D eigenvalue weighted by atomic mass is 19.3. The van der Waals surface area contributed by atoms with Crippen LogP contribution in [-0.4, -0.2) is 58.2 Å². The van der Waals surface area contributed by atoms with Gasteiger partial charge >= 0.3 is 6.03 Å². The van der Waals surface area contributed by atoms with Crippen molar-refractivity contribution in [3.8, 4) is 5.75 Å². The number of alkyl halides is 2. The molecule has 0 saturated carbocycles. The minimum Gasteiger partial charge on any atom is -0.508 e. The first-order valence-corrected chi connectivity index (χ1v) is 10.1. The predicted octanol–water partition coefficient (Wildman–Crippen LogP) is 2.41. The molecule has 1 heterocycles. The molecule has 1 aromatic rings. The zero-order chi connectivity index (χ0) is 22.7. The number of aryl methyl sites for hydroxylation is 1. The van der Waals surface area contributed by atoms with Gasteiger partial charge in [-0.3, -0.25) is 15.0 Å². The zero-order valence-electron chi connectivity index (χ0n) is 17.6. The minimum absolute atomic E-state index is 0.0354. The van der Waals surface area contributed by atoms with Crippen LogP contribution in [0.3, 0.4) is 0 Å². The first-order valence-electron chi connectivity index (χ1n) is 10.1. The molecule has 1 aliphatic heterocycles. The van der Waals surface area contributed by atoms with Crippen molar-refractivity contribution in [2.45, 2.75) is 69.9 Å². The standard InChI is InChI=1S/C21H31F2N3O4/c1-4-7-21(30)14(3)26(12-17(22)23)9-8-20(21,11-18(28)25-19(24)29)16-10-15(27)6-5-13(16)2/h5-6,10,14,17,27,30H,4,7-9,11-12H2,1-3H3,(H3,24,25,28,29). The van der Waals surface area contributed by atoms with Gasteiger partial charge < -0.3 is 15.9 Å². The molecule has 3 unspecified atom stereocenters. The van der Waals surface area contributed by atoms with Gasteiger partial charge in [-0.05, 0) is 56.5 Å². The summed E-state index contributed by atoms with van der Waals surface area (Å²) in [6.07, 6.45) is -1.86. The van der Waals surface area contributed by atoms with Crippen molar-refractivity contribution in [3.63, 3.8) is 0 Å². The molecule has 1 fully saturated rings. The number of carbonyl (C=O) groups excluding carboxylic acids is 2. The number of halogens is 2. The fourth-order valence-corrected chi connectivity index (χ4v) is 4.99. The van der Waals surface area contributed by atoms with Crippen LogP contribution in [0.4, 0.5) is 13.6 Å². The van der Waals surface area contributed by atoms with Gasteiger partial charge in [-0.25, -0.2) is 13.6 Å².